The van der Waals surface area contributed by atoms with E-state index < -0.39 is 0 Å². The lowest BCUT2D eigenvalue weighted by atomic mass is 10.0. The lowest BCUT2D eigenvalue weighted by Crippen LogP contribution is -2.16. The van der Waals surface area contributed by atoms with Crippen LogP contribution in [0.4, 0.5) is 5.82 Å². The zero-order valence-electron chi connectivity index (χ0n) is 12.3. The summed E-state index contributed by atoms with van der Waals surface area (Å²) in [6.45, 7) is 2.13. The second kappa shape index (κ2) is 5.10. The van der Waals surface area contributed by atoms with Crippen molar-refractivity contribution in [3.63, 3.8) is 0 Å². The fourth-order valence-corrected chi connectivity index (χ4v) is 2.88. The van der Waals surface area contributed by atoms with Gasteiger partial charge in [0.1, 0.15) is 12.1 Å². The highest BCUT2D eigenvalue weighted by Gasteiger charge is 2.34. The third-order valence-electron chi connectivity index (χ3n) is 4.43. The molecule has 0 amide bonds. The number of nitrogens with one attached hydrogen (secondary N) is 1. The van der Waals surface area contributed by atoms with Crippen molar-refractivity contribution in [1.29, 1.82) is 0 Å². The Morgan fingerprint density at radius 1 is 1.14 bits per heavy atom. The van der Waals surface area contributed by atoms with Gasteiger partial charge in [0.05, 0.1) is 11.7 Å². The molecule has 1 atom stereocenters. The second-order valence-electron chi connectivity index (χ2n) is 6.27. The van der Waals surface area contributed by atoms with Gasteiger partial charge in [0.15, 0.2) is 0 Å². The van der Waals surface area contributed by atoms with Crippen LogP contribution < -0.4 is 5.32 Å². The minimum atomic E-state index is 0.271. The van der Waals surface area contributed by atoms with E-state index in [1.165, 1.54) is 36.9 Å². The van der Waals surface area contributed by atoms with E-state index >= 15 is 0 Å². The normalized spacial score (nSPS) is 19.3. The molecule has 1 N–H and O–H groups in total. The Labute approximate surface area is 125 Å². The smallest absolute Gasteiger partial charge is 0.130 e. The van der Waals surface area contributed by atoms with Gasteiger partial charge in [0.2, 0.25) is 0 Å². The Bertz CT molecular complexity index is 647. The molecule has 0 aromatic carbocycles. The molecule has 21 heavy (non-hydrogen) atoms. The van der Waals surface area contributed by atoms with Gasteiger partial charge in [0.25, 0.3) is 0 Å². The molecule has 4 heteroatoms. The maximum Gasteiger partial charge on any atom is 0.130 e. The Morgan fingerprint density at radius 2 is 2.00 bits per heavy atom. The Kier molecular flexibility index (Phi) is 3.09. The van der Waals surface area contributed by atoms with Crippen molar-refractivity contribution in [2.75, 3.05) is 5.32 Å². The molecule has 0 spiro atoms. The lowest BCUT2D eigenvalue weighted by Gasteiger charge is -2.20. The maximum atomic E-state index is 4.60. The van der Waals surface area contributed by atoms with Crippen LogP contribution in [0.1, 0.15) is 54.6 Å². The average Bonchev–Trinajstić information content (AvgIpc) is 3.40. The summed E-state index contributed by atoms with van der Waals surface area (Å²) in [7, 11) is 0. The van der Waals surface area contributed by atoms with Gasteiger partial charge < -0.3 is 5.32 Å². The zero-order chi connectivity index (χ0) is 14.2. The van der Waals surface area contributed by atoms with Gasteiger partial charge in [-0.05, 0) is 50.2 Å². The van der Waals surface area contributed by atoms with Crippen LogP contribution in [0.25, 0.3) is 0 Å². The fraction of sp³-hybridized carbons (Fsp3) is 0.471. The van der Waals surface area contributed by atoms with Crippen LogP contribution in [0.2, 0.25) is 0 Å². The van der Waals surface area contributed by atoms with E-state index in [0.29, 0.717) is 11.8 Å². The maximum absolute atomic E-state index is 4.60. The molecule has 1 unspecified atom stereocenters. The molecule has 4 nitrogen and oxygen atoms in total. The summed E-state index contributed by atoms with van der Waals surface area (Å²) in [5, 5.41) is 3.61. The predicted molar refractivity (Wildman–Crippen MR) is 82.1 cm³/mol. The second-order valence-corrected chi connectivity index (χ2v) is 6.27. The van der Waals surface area contributed by atoms with Gasteiger partial charge in [-0.2, -0.15) is 0 Å². The van der Waals surface area contributed by atoms with Gasteiger partial charge in [-0.25, -0.2) is 9.97 Å². The number of pyridine rings is 1. The van der Waals surface area contributed by atoms with E-state index in [2.05, 4.69) is 39.3 Å². The molecule has 2 fully saturated rings. The third kappa shape index (κ3) is 2.75. The first-order valence-electron chi connectivity index (χ1n) is 7.81. The van der Waals surface area contributed by atoms with E-state index in [0.717, 1.165) is 11.5 Å². The minimum Gasteiger partial charge on any atom is -0.361 e. The monoisotopic (exact) mass is 280 g/mol. The van der Waals surface area contributed by atoms with Gasteiger partial charge in [-0.1, -0.05) is 6.07 Å². The summed E-state index contributed by atoms with van der Waals surface area (Å²) in [5.74, 6) is 2.27. The Morgan fingerprint density at radius 3 is 2.71 bits per heavy atom. The van der Waals surface area contributed by atoms with Crippen molar-refractivity contribution in [3.05, 3.63) is 47.7 Å². The van der Waals surface area contributed by atoms with Crippen LogP contribution in [0.3, 0.4) is 0 Å². The SMILES string of the molecule is Cc1cccnc1C(Nc1cc(C2CC2)ncn1)C1CC1. The van der Waals surface area contributed by atoms with E-state index in [-0.39, 0.29) is 6.04 Å². The van der Waals surface area contributed by atoms with Gasteiger partial charge >= 0.3 is 0 Å². The molecule has 2 heterocycles. The van der Waals surface area contributed by atoms with Crippen LogP contribution in [0, 0.1) is 12.8 Å². The number of hydrogen-bond acceptors (Lipinski definition) is 4. The number of nitrogens with zero attached hydrogens (tertiary/aromatic N) is 3. The molecule has 0 radical (unpaired) electrons. The first-order chi connectivity index (χ1) is 10.3. The van der Waals surface area contributed by atoms with E-state index in [4.69, 9.17) is 0 Å². The van der Waals surface area contributed by atoms with Crippen LogP contribution in [0.5, 0.6) is 0 Å². The molecule has 0 saturated heterocycles. The summed E-state index contributed by atoms with van der Waals surface area (Å²) in [5.41, 5.74) is 3.59. The van der Waals surface area contributed by atoms with Crippen molar-refractivity contribution in [2.24, 2.45) is 5.92 Å². The van der Waals surface area contributed by atoms with Crippen LogP contribution in [0.15, 0.2) is 30.7 Å². The van der Waals surface area contributed by atoms with Gasteiger partial charge in [-0.3, -0.25) is 4.98 Å². The largest absolute Gasteiger partial charge is 0.361 e. The lowest BCUT2D eigenvalue weighted by molar-refractivity contribution is 0.649. The van der Waals surface area contributed by atoms with Crippen LogP contribution in [-0.2, 0) is 0 Å². The minimum absolute atomic E-state index is 0.271. The average molecular weight is 280 g/mol. The molecular formula is C17H20N4. The number of aryl methyl sites for hydroxylation is 1. The summed E-state index contributed by atoms with van der Waals surface area (Å²) in [6.07, 6.45) is 8.65. The van der Waals surface area contributed by atoms with Crippen molar-refractivity contribution in [2.45, 2.75) is 44.6 Å². The highest BCUT2D eigenvalue weighted by atomic mass is 15.1. The molecule has 2 saturated carbocycles. The zero-order valence-corrected chi connectivity index (χ0v) is 12.3. The molecular weight excluding hydrogens is 260 g/mol. The Balaban J connectivity index is 1.60. The summed E-state index contributed by atoms with van der Waals surface area (Å²) in [6, 6.07) is 6.52. The highest BCUT2D eigenvalue weighted by molar-refractivity contribution is 5.41. The molecule has 108 valence electrons. The number of rotatable bonds is 5. The molecule has 2 aromatic rings. The Hall–Kier alpha value is -1.97. The van der Waals surface area contributed by atoms with Crippen molar-refractivity contribution in [3.8, 4) is 0 Å². The quantitative estimate of drug-likeness (QED) is 0.908. The first kappa shape index (κ1) is 12.7. The standard InChI is InChI=1S/C17H20N4/c1-11-3-2-8-18-16(11)17(13-6-7-13)21-15-9-14(12-4-5-12)19-10-20-15/h2-3,8-10,12-13,17H,4-7H2,1H3,(H,19,20,21). The summed E-state index contributed by atoms with van der Waals surface area (Å²) in [4.78, 5) is 13.4. The fourth-order valence-electron chi connectivity index (χ4n) is 2.88. The molecule has 4 rings (SSSR count). The first-order valence-corrected chi connectivity index (χ1v) is 7.81. The molecule has 0 bridgehead atoms. The molecule has 0 aliphatic heterocycles. The van der Waals surface area contributed by atoms with Crippen molar-refractivity contribution < 1.29 is 0 Å². The molecule has 2 aromatic heterocycles. The van der Waals surface area contributed by atoms with Crippen molar-refractivity contribution in [1.82, 2.24) is 15.0 Å². The number of anilines is 1. The number of aromatic nitrogens is 3. The third-order valence-corrected chi connectivity index (χ3v) is 4.43. The summed E-state index contributed by atoms with van der Waals surface area (Å²) < 4.78 is 0. The summed E-state index contributed by atoms with van der Waals surface area (Å²) >= 11 is 0. The van der Waals surface area contributed by atoms with Crippen molar-refractivity contribution >= 4 is 5.82 Å². The molecule has 2 aliphatic carbocycles. The van der Waals surface area contributed by atoms with Crippen LogP contribution >= 0.6 is 0 Å². The number of hydrogen-bond donors (Lipinski definition) is 1. The topological polar surface area (TPSA) is 50.7 Å². The van der Waals surface area contributed by atoms with Gasteiger partial charge in [0, 0.05) is 23.9 Å². The highest BCUT2D eigenvalue weighted by Crippen LogP contribution is 2.43. The van der Waals surface area contributed by atoms with E-state index in [1.807, 2.05) is 12.3 Å². The van der Waals surface area contributed by atoms with E-state index in [9.17, 15) is 0 Å². The van der Waals surface area contributed by atoms with Gasteiger partial charge in [-0.15, -0.1) is 0 Å². The molecule has 2 aliphatic rings. The van der Waals surface area contributed by atoms with E-state index in [1.54, 1.807) is 6.33 Å². The van der Waals surface area contributed by atoms with Crippen LogP contribution in [-0.4, -0.2) is 15.0 Å². The predicted octanol–water partition coefficient (Wildman–Crippen LogP) is 3.62.